The minimum Gasteiger partial charge on any atom is -0.398 e. The van der Waals surface area contributed by atoms with Crippen molar-refractivity contribution in [3.05, 3.63) is 29.3 Å². The Labute approximate surface area is 98.4 Å². The lowest BCUT2D eigenvalue weighted by Gasteiger charge is -2.21. The van der Waals surface area contributed by atoms with Crippen LogP contribution in [0, 0.1) is 5.92 Å². The molecule has 0 saturated heterocycles. The van der Waals surface area contributed by atoms with Crippen molar-refractivity contribution in [3.8, 4) is 0 Å². The zero-order valence-electron chi connectivity index (χ0n) is 10.4. The predicted molar refractivity (Wildman–Crippen MR) is 69.0 cm³/mol. The van der Waals surface area contributed by atoms with Crippen LogP contribution in [0.2, 0.25) is 0 Å². The van der Waals surface area contributed by atoms with Crippen molar-refractivity contribution in [2.24, 2.45) is 5.92 Å². The second kappa shape index (κ2) is 4.88. The molecule has 2 heteroatoms. The number of nitrogen functional groups attached to an aromatic ring is 1. The first-order valence-corrected chi connectivity index (χ1v) is 6.33. The SMILES string of the molecule is CCC(CC)CN1Cc2cccc(N)c2C1. The summed E-state index contributed by atoms with van der Waals surface area (Å²) in [6.45, 7) is 7.90. The molecule has 0 atom stereocenters. The maximum absolute atomic E-state index is 6.00. The van der Waals surface area contributed by atoms with Crippen LogP contribution in [0.1, 0.15) is 37.8 Å². The number of anilines is 1. The normalized spacial score (nSPS) is 15.7. The summed E-state index contributed by atoms with van der Waals surface area (Å²) in [6, 6.07) is 6.28. The molecule has 0 amide bonds. The van der Waals surface area contributed by atoms with Gasteiger partial charge in [-0.2, -0.15) is 0 Å². The van der Waals surface area contributed by atoms with E-state index in [0.29, 0.717) is 0 Å². The largest absolute Gasteiger partial charge is 0.398 e. The number of nitrogens with zero attached hydrogens (tertiary/aromatic N) is 1. The highest BCUT2D eigenvalue weighted by molar-refractivity contribution is 5.52. The fourth-order valence-electron chi connectivity index (χ4n) is 2.56. The third-order valence-corrected chi connectivity index (χ3v) is 3.76. The molecule has 0 unspecified atom stereocenters. The monoisotopic (exact) mass is 218 g/mol. The van der Waals surface area contributed by atoms with Crippen molar-refractivity contribution in [3.63, 3.8) is 0 Å². The molecule has 0 radical (unpaired) electrons. The van der Waals surface area contributed by atoms with Crippen LogP contribution >= 0.6 is 0 Å². The molecule has 0 spiro atoms. The molecule has 2 N–H and O–H groups in total. The van der Waals surface area contributed by atoms with E-state index in [2.05, 4.69) is 30.9 Å². The van der Waals surface area contributed by atoms with Crippen molar-refractivity contribution < 1.29 is 0 Å². The molecule has 1 aliphatic heterocycles. The van der Waals surface area contributed by atoms with Crippen LogP contribution in [0.5, 0.6) is 0 Å². The average Bonchev–Trinajstić information content (AvgIpc) is 2.70. The van der Waals surface area contributed by atoms with Gasteiger partial charge in [-0.3, -0.25) is 4.90 Å². The fourth-order valence-corrected chi connectivity index (χ4v) is 2.56. The maximum atomic E-state index is 6.00. The standard InChI is InChI=1S/C14H22N2/c1-3-11(4-2)8-16-9-12-6-5-7-14(15)13(12)10-16/h5-7,11H,3-4,8-10,15H2,1-2H3. The third kappa shape index (κ3) is 2.22. The summed E-state index contributed by atoms with van der Waals surface area (Å²) in [5.41, 5.74) is 9.74. The highest BCUT2D eigenvalue weighted by Gasteiger charge is 2.21. The van der Waals surface area contributed by atoms with Crippen molar-refractivity contribution >= 4 is 5.69 Å². The van der Waals surface area contributed by atoms with Gasteiger partial charge in [0.25, 0.3) is 0 Å². The fraction of sp³-hybridized carbons (Fsp3) is 0.571. The summed E-state index contributed by atoms with van der Waals surface area (Å²) in [4.78, 5) is 2.53. The lowest BCUT2D eigenvalue weighted by atomic mass is 10.0. The van der Waals surface area contributed by atoms with E-state index in [9.17, 15) is 0 Å². The zero-order valence-corrected chi connectivity index (χ0v) is 10.4. The first-order valence-electron chi connectivity index (χ1n) is 6.33. The van der Waals surface area contributed by atoms with Gasteiger partial charge >= 0.3 is 0 Å². The summed E-state index contributed by atoms with van der Waals surface area (Å²) < 4.78 is 0. The Morgan fingerprint density at radius 2 is 2.00 bits per heavy atom. The molecule has 1 aliphatic rings. The van der Waals surface area contributed by atoms with Crippen LogP contribution in [0.25, 0.3) is 0 Å². The van der Waals surface area contributed by atoms with Crippen molar-refractivity contribution in [2.45, 2.75) is 39.8 Å². The van der Waals surface area contributed by atoms with Crippen LogP contribution in [0.3, 0.4) is 0 Å². The summed E-state index contributed by atoms with van der Waals surface area (Å²) in [7, 11) is 0. The molecule has 16 heavy (non-hydrogen) atoms. The molecule has 1 heterocycles. The van der Waals surface area contributed by atoms with Gasteiger partial charge in [-0.25, -0.2) is 0 Å². The van der Waals surface area contributed by atoms with E-state index in [1.165, 1.54) is 30.5 Å². The van der Waals surface area contributed by atoms with Gasteiger partial charge in [-0.05, 0) is 23.1 Å². The molecule has 2 rings (SSSR count). The molecule has 0 bridgehead atoms. The molecule has 1 aromatic rings. The number of hydrogen-bond acceptors (Lipinski definition) is 2. The third-order valence-electron chi connectivity index (χ3n) is 3.76. The summed E-state index contributed by atoms with van der Waals surface area (Å²) >= 11 is 0. The van der Waals surface area contributed by atoms with E-state index >= 15 is 0 Å². The maximum Gasteiger partial charge on any atom is 0.0363 e. The first-order chi connectivity index (χ1) is 7.74. The van der Waals surface area contributed by atoms with E-state index in [1.807, 2.05) is 6.07 Å². The van der Waals surface area contributed by atoms with E-state index in [0.717, 1.165) is 24.7 Å². The molecule has 0 fully saturated rings. The molecular formula is C14H22N2. The number of hydrogen-bond donors (Lipinski definition) is 1. The Kier molecular flexibility index (Phi) is 3.49. The molecule has 0 aromatic heterocycles. The second-order valence-corrected chi connectivity index (χ2v) is 4.84. The number of benzene rings is 1. The van der Waals surface area contributed by atoms with E-state index in [-0.39, 0.29) is 0 Å². The summed E-state index contributed by atoms with van der Waals surface area (Å²) in [5, 5.41) is 0. The molecular weight excluding hydrogens is 196 g/mol. The Balaban J connectivity index is 2.03. The van der Waals surface area contributed by atoms with Gasteiger partial charge in [0.1, 0.15) is 0 Å². The minimum atomic E-state index is 0.829. The van der Waals surface area contributed by atoms with Crippen LogP contribution in [-0.2, 0) is 13.1 Å². The van der Waals surface area contributed by atoms with Gasteiger partial charge in [0.05, 0.1) is 0 Å². The van der Waals surface area contributed by atoms with E-state index in [4.69, 9.17) is 5.73 Å². The second-order valence-electron chi connectivity index (χ2n) is 4.84. The molecule has 0 saturated carbocycles. The molecule has 0 aliphatic carbocycles. The highest BCUT2D eigenvalue weighted by Crippen LogP contribution is 2.28. The van der Waals surface area contributed by atoms with E-state index in [1.54, 1.807) is 0 Å². The molecule has 88 valence electrons. The van der Waals surface area contributed by atoms with Gasteiger partial charge < -0.3 is 5.73 Å². The minimum absolute atomic E-state index is 0.829. The van der Waals surface area contributed by atoms with Crippen LogP contribution in [0.4, 0.5) is 5.69 Å². The van der Waals surface area contributed by atoms with Crippen molar-refractivity contribution in [1.82, 2.24) is 4.90 Å². The summed E-state index contributed by atoms with van der Waals surface area (Å²) in [6.07, 6.45) is 2.55. The Morgan fingerprint density at radius 1 is 1.25 bits per heavy atom. The highest BCUT2D eigenvalue weighted by atomic mass is 15.1. The van der Waals surface area contributed by atoms with Gasteiger partial charge in [-0.15, -0.1) is 0 Å². The summed E-state index contributed by atoms with van der Waals surface area (Å²) in [5.74, 6) is 0.829. The molecule has 2 nitrogen and oxygen atoms in total. The molecule has 1 aromatic carbocycles. The van der Waals surface area contributed by atoms with Gasteiger partial charge in [0, 0.05) is 25.3 Å². The van der Waals surface area contributed by atoms with Crippen molar-refractivity contribution in [2.75, 3.05) is 12.3 Å². The van der Waals surface area contributed by atoms with Crippen LogP contribution in [-0.4, -0.2) is 11.4 Å². The predicted octanol–water partition coefficient (Wildman–Crippen LogP) is 3.02. The van der Waals surface area contributed by atoms with Gasteiger partial charge in [0.2, 0.25) is 0 Å². The topological polar surface area (TPSA) is 29.3 Å². The van der Waals surface area contributed by atoms with Gasteiger partial charge in [-0.1, -0.05) is 38.8 Å². The van der Waals surface area contributed by atoms with Crippen molar-refractivity contribution in [1.29, 1.82) is 0 Å². The van der Waals surface area contributed by atoms with Gasteiger partial charge in [0.15, 0.2) is 0 Å². The lowest BCUT2D eigenvalue weighted by Crippen LogP contribution is -2.24. The quantitative estimate of drug-likeness (QED) is 0.787. The average molecular weight is 218 g/mol. The van der Waals surface area contributed by atoms with Crippen LogP contribution < -0.4 is 5.73 Å². The van der Waals surface area contributed by atoms with Crippen LogP contribution in [0.15, 0.2) is 18.2 Å². The number of nitrogens with two attached hydrogens (primary N) is 1. The Hall–Kier alpha value is -1.02. The number of rotatable bonds is 4. The first kappa shape index (κ1) is 11.5. The Morgan fingerprint density at radius 3 is 2.62 bits per heavy atom. The zero-order chi connectivity index (χ0) is 11.5. The Bertz CT molecular complexity index is 356. The van der Waals surface area contributed by atoms with E-state index < -0.39 is 0 Å². The smallest absolute Gasteiger partial charge is 0.0363 e. The lowest BCUT2D eigenvalue weighted by molar-refractivity contribution is 0.228. The number of fused-ring (bicyclic) bond motifs is 1.